The fourth-order valence-corrected chi connectivity index (χ4v) is 3.60. The minimum atomic E-state index is 0.313. The lowest BCUT2D eigenvalue weighted by Gasteiger charge is -2.29. The van der Waals surface area contributed by atoms with E-state index in [9.17, 15) is 0 Å². The number of ether oxygens (including phenoxy) is 2. The normalized spacial score (nSPS) is 22.1. The standard InChI is InChI=1S/C17H26BrNO2/c1-4-12-5-7-14(8-6-12)21-17-15(18)9-13(11-19-2)10-16(17)20-3/h9-10,12,14,19H,4-8,11H2,1-3H3. The van der Waals surface area contributed by atoms with Gasteiger partial charge in [0.05, 0.1) is 17.7 Å². The Morgan fingerprint density at radius 3 is 2.52 bits per heavy atom. The molecule has 0 aliphatic heterocycles. The molecule has 0 saturated heterocycles. The van der Waals surface area contributed by atoms with Gasteiger partial charge < -0.3 is 14.8 Å². The van der Waals surface area contributed by atoms with Crippen molar-refractivity contribution in [2.24, 2.45) is 5.92 Å². The molecule has 21 heavy (non-hydrogen) atoms. The first-order valence-corrected chi connectivity index (χ1v) is 8.64. The lowest BCUT2D eigenvalue weighted by molar-refractivity contribution is 0.125. The molecule has 4 heteroatoms. The molecule has 0 atom stereocenters. The van der Waals surface area contributed by atoms with Gasteiger partial charge in [-0.3, -0.25) is 0 Å². The molecule has 1 aromatic rings. The van der Waals surface area contributed by atoms with Crippen molar-refractivity contribution in [3.63, 3.8) is 0 Å². The molecular formula is C17H26BrNO2. The Labute approximate surface area is 136 Å². The third kappa shape index (κ3) is 4.36. The molecule has 0 radical (unpaired) electrons. The highest BCUT2D eigenvalue weighted by Crippen LogP contribution is 2.39. The van der Waals surface area contributed by atoms with E-state index in [0.29, 0.717) is 6.10 Å². The predicted octanol–water partition coefficient (Wildman–Crippen LogP) is 4.52. The Bertz CT molecular complexity index is 456. The molecule has 1 aromatic carbocycles. The zero-order valence-electron chi connectivity index (χ0n) is 13.2. The summed E-state index contributed by atoms with van der Waals surface area (Å²) in [4.78, 5) is 0. The molecule has 3 nitrogen and oxygen atoms in total. The Kier molecular flexibility index (Phi) is 6.37. The van der Waals surface area contributed by atoms with Gasteiger partial charge in [0.1, 0.15) is 0 Å². The zero-order chi connectivity index (χ0) is 15.2. The summed E-state index contributed by atoms with van der Waals surface area (Å²) in [6.45, 7) is 3.10. The Morgan fingerprint density at radius 1 is 1.24 bits per heavy atom. The Morgan fingerprint density at radius 2 is 1.95 bits per heavy atom. The molecule has 0 unspecified atom stereocenters. The van der Waals surface area contributed by atoms with E-state index in [-0.39, 0.29) is 0 Å². The summed E-state index contributed by atoms with van der Waals surface area (Å²) in [5.74, 6) is 2.54. The molecule has 2 rings (SSSR count). The molecule has 1 aliphatic rings. The number of rotatable bonds is 6. The van der Waals surface area contributed by atoms with Crippen molar-refractivity contribution in [2.45, 2.75) is 51.7 Å². The third-order valence-corrected chi connectivity index (χ3v) is 4.91. The lowest BCUT2D eigenvalue weighted by Crippen LogP contribution is -2.24. The van der Waals surface area contributed by atoms with E-state index in [4.69, 9.17) is 9.47 Å². The molecule has 1 aliphatic carbocycles. The van der Waals surface area contributed by atoms with Crippen LogP contribution in [0.1, 0.15) is 44.6 Å². The van der Waals surface area contributed by atoms with E-state index < -0.39 is 0 Å². The van der Waals surface area contributed by atoms with Gasteiger partial charge in [-0.1, -0.05) is 13.3 Å². The van der Waals surface area contributed by atoms with Crippen molar-refractivity contribution in [3.8, 4) is 11.5 Å². The van der Waals surface area contributed by atoms with Gasteiger partial charge in [0.2, 0.25) is 0 Å². The molecule has 1 saturated carbocycles. The molecule has 0 bridgehead atoms. The topological polar surface area (TPSA) is 30.5 Å². The zero-order valence-corrected chi connectivity index (χ0v) is 14.8. The van der Waals surface area contributed by atoms with E-state index in [1.165, 1.54) is 24.8 Å². The van der Waals surface area contributed by atoms with Gasteiger partial charge in [-0.05, 0) is 72.3 Å². The number of benzene rings is 1. The number of halogens is 1. The van der Waals surface area contributed by atoms with E-state index in [2.05, 4.69) is 34.2 Å². The molecule has 118 valence electrons. The quantitative estimate of drug-likeness (QED) is 0.813. The average Bonchev–Trinajstić information content (AvgIpc) is 2.50. The van der Waals surface area contributed by atoms with Crippen LogP contribution in [0.4, 0.5) is 0 Å². The number of nitrogens with one attached hydrogen (secondary N) is 1. The number of hydrogen-bond donors (Lipinski definition) is 1. The first-order chi connectivity index (χ1) is 10.2. The molecule has 1 fully saturated rings. The highest BCUT2D eigenvalue weighted by Gasteiger charge is 2.23. The monoisotopic (exact) mass is 355 g/mol. The fourth-order valence-electron chi connectivity index (χ4n) is 3.02. The third-order valence-electron chi connectivity index (χ3n) is 4.33. The lowest BCUT2D eigenvalue weighted by atomic mass is 9.86. The van der Waals surface area contributed by atoms with Crippen molar-refractivity contribution in [1.29, 1.82) is 0 Å². The largest absolute Gasteiger partial charge is 0.493 e. The van der Waals surface area contributed by atoms with Crippen LogP contribution in [0.5, 0.6) is 11.5 Å². The van der Waals surface area contributed by atoms with E-state index in [0.717, 1.165) is 41.3 Å². The van der Waals surface area contributed by atoms with E-state index >= 15 is 0 Å². The molecule has 1 N–H and O–H groups in total. The molecule has 0 spiro atoms. The van der Waals surface area contributed by atoms with Crippen LogP contribution in [0.3, 0.4) is 0 Å². The van der Waals surface area contributed by atoms with Gasteiger partial charge in [-0.25, -0.2) is 0 Å². The summed E-state index contributed by atoms with van der Waals surface area (Å²) < 4.78 is 12.7. The van der Waals surface area contributed by atoms with Crippen LogP contribution in [0.25, 0.3) is 0 Å². The second kappa shape index (κ2) is 8.04. The van der Waals surface area contributed by atoms with E-state index in [1.807, 2.05) is 13.1 Å². The highest BCUT2D eigenvalue weighted by molar-refractivity contribution is 9.10. The molecule has 0 aromatic heterocycles. The highest BCUT2D eigenvalue weighted by atomic mass is 79.9. The van der Waals surface area contributed by atoms with Crippen molar-refractivity contribution in [1.82, 2.24) is 5.32 Å². The van der Waals surface area contributed by atoms with Crippen molar-refractivity contribution in [2.75, 3.05) is 14.2 Å². The van der Waals surface area contributed by atoms with Crippen LogP contribution in [-0.4, -0.2) is 20.3 Å². The number of methoxy groups -OCH3 is 1. The summed E-state index contributed by atoms with van der Waals surface area (Å²) in [6.07, 6.45) is 6.45. The van der Waals surface area contributed by atoms with Crippen molar-refractivity contribution < 1.29 is 9.47 Å². The van der Waals surface area contributed by atoms with Crippen molar-refractivity contribution in [3.05, 3.63) is 22.2 Å². The van der Waals surface area contributed by atoms with Gasteiger partial charge >= 0.3 is 0 Å². The smallest absolute Gasteiger partial charge is 0.175 e. The second-order valence-corrected chi connectivity index (χ2v) is 6.66. The SMILES string of the molecule is CCC1CCC(Oc2c(Br)cc(CNC)cc2OC)CC1. The number of hydrogen-bond acceptors (Lipinski definition) is 3. The molecule has 0 heterocycles. The first kappa shape index (κ1) is 16.6. The summed E-state index contributed by atoms with van der Waals surface area (Å²) >= 11 is 3.63. The fraction of sp³-hybridized carbons (Fsp3) is 0.647. The van der Waals surface area contributed by atoms with Gasteiger partial charge in [0.15, 0.2) is 11.5 Å². The molecular weight excluding hydrogens is 330 g/mol. The van der Waals surface area contributed by atoms with Crippen molar-refractivity contribution >= 4 is 15.9 Å². The van der Waals surface area contributed by atoms with Crippen LogP contribution in [0, 0.1) is 5.92 Å². The van der Waals surface area contributed by atoms with Crippen LogP contribution < -0.4 is 14.8 Å². The van der Waals surface area contributed by atoms with E-state index in [1.54, 1.807) is 7.11 Å². The predicted molar refractivity (Wildman–Crippen MR) is 90.1 cm³/mol. The van der Waals surface area contributed by atoms with Gasteiger partial charge in [-0.15, -0.1) is 0 Å². The van der Waals surface area contributed by atoms with Crippen LogP contribution in [0.15, 0.2) is 16.6 Å². The maximum absolute atomic E-state index is 6.24. The first-order valence-electron chi connectivity index (χ1n) is 7.85. The minimum Gasteiger partial charge on any atom is -0.493 e. The Balaban J connectivity index is 2.09. The average molecular weight is 356 g/mol. The minimum absolute atomic E-state index is 0.313. The molecule has 0 amide bonds. The maximum Gasteiger partial charge on any atom is 0.175 e. The van der Waals surface area contributed by atoms with Crippen LogP contribution >= 0.6 is 15.9 Å². The van der Waals surface area contributed by atoms with Gasteiger partial charge in [-0.2, -0.15) is 0 Å². The van der Waals surface area contributed by atoms with Crippen LogP contribution in [0.2, 0.25) is 0 Å². The summed E-state index contributed by atoms with van der Waals surface area (Å²) in [7, 11) is 3.64. The van der Waals surface area contributed by atoms with Crippen LogP contribution in [-0.2, 0) is 6.54 Å². The Hall–Kier alpha value is -0.740. The van der Waals surface area contributed by atoms with Gasteiger partial charge in [0.25, 0.3) is 0 Å². The summed E-state index contributed by atoms with van der Waals surface area (Å²) in [5, 5.41) is 3.16. The maximum atomic E-state index is 6.24. The second-order valence-electron chi connectivity index (χ2n) is 5.81. The van der Waals surface area contributed by atoms with Gasteiger partial charge in [0, 0.05) is 6.54 Å². The summed E-state index contributed by atoms with van der Waals surface area (Å²) in [6, 6.07) is 4.15. The summed E-state index contributed by atoms with van der Waals surface area (Å²) in [5.41, 5.74) is 1.18.